The number of carbonyl (C=O) groups is 1. The average Bonchev–Trinajstić information content (AvgIpc) is 2.55. The Kier molecular flexibility index (Phi) is 5.97. The number of amides is 1. The van der Waals surface area contributed by atoms with Gasteiger partial charge in [-0.25, -0.2) is 5.43 Å². The number of methoxy groups -OCH3 is 1. The zero-order valence-electron chi connectivity index (χ0n) is 12.0. The SMILES string of the molecule is COc1ccc(OCC(=O)N/N=C\c2ccccc2Br)cc1. The van der Waals surface area contributed by atoms with Gasteiger partial charge in [0.25, 0.3) is 5.91 Å². The molecule has 0 spiro atoms. The molecule has 1 amide bonds. The second-order valence-electron chi connectivity index (χ2n) is 4.28. The van der Waals surface area contributed by atoms with E-state index >= 15 is 0 Å². The fraction of sp³-hybridized carbons (Fsp3) is 0.125. The van der Waals surface area contributed by atoms with Crippen LogP contribution in [0.15, 0.2) is 58.1 Å². The van der Waals surface area contributed by atoms with Crippen LogP contribution in [-0.4, -0.2) is 25.8 Å². The van der Waals surface area contributed by atoms with Crippen molar-refractivity contribution in [3.8, 4) is 11.5 Å². The Morgan fingerprint density at radius 1 is 1.18 bits per heavy atom. The molecule has 0 saturated heterocycles. The van der Waals surface area contributed by atoms with E-state index in [4.69, 9.17) is 9.47 Å². The number of hydrazone groups is 1. The van der Waals surface area contributed by atoms with Gasteiger partial charge in [-0.2, -0.15) is 5.10 Å². The van der Waals surface area contributed by atoms with Crippen molar-refractivity contribution in [1.29, 1.82) is 0 Å². The molecule has 6 heteroatoms. The van der Waals surface area contributed by atoms with E-state index in [1.807, 2.05) is 24.3 Å². The summed E-state index contributed by atoms with van der Waals surface area (Å²) < 4.78 is 11.3. The van der Waals surface area contributed by atoms with E-state index in [1.165, 1.54) is 0 Å². The summed E-state index contributed by atoms with van der Waals surface area (Å²) in [5.74, 6) is 0.986. The summed E-state index contributed by atoms with van der Waals surface area (Å²) in [7, 11) is 1.59. The predicted octanol–water partition coefficient (Wildman–Crippen LogP) is 2.99. The van der Waals surface area contributed by atoms with E-state index in [-0.39, 0.29) is 12.5 Å². The lowest BCUT2D eigenvalue weighted by molar-refractivity contribution is -0.123. The van der Waals surface area contributed by atoms with Crippen molar-refractivity contribution in [1.82, 2.24) is 5.43 Å². The molecule has 0 aliphatic carbocycles. The first-order valence-corrected chi connectivity index (χ1v) is 7.31. The summed E-state index contributed by atoms with van der Waals surface area (Å²) in [4.78, 5) is 11.6. The largest absolute Gasteiger partial charge is 0.497 e. The molecular formula is C16H15BrN2O3. The summed E-state index contributed by atoms with van der Waals surface area (Å²) >= 11 is 3.40. The van der Waals surface area contributed by atoms with Gasteiger partial charge in [0.05, 0.1) is 13.3 Å². The van der Waals surface area contributed by atoms with E-state index in [2.05, 4.69) is 26.5 Å². The molecule has 0 saturated carbocycles. The molecule has 0 radical (unpaired) electrons. The van der Waals surface area contributed by atoms with Crippen molar-refractivity contribution >= 4 is 28.1 Å². The molecule has 0 fully saturated rings. The molecule has 2 aromatic rings. The Hall–Kier alpha value is -2.34. The van der Waals surface area contributed by atoms with Crippen molar-refractivity contribution in [3.63, 3.8) is 0 Å². The van der Waals surface area contributed by atoms with Gasteiger partial charge in [0.1, 0.15) is 11.5 Å². The fourth-order valence-corrected chi connectivity index (χ4v) is 1.99. The van der Waals surface area contributed by atoms with Crippen LogP contribution in [0.2, 0.25) is 0 Å². The summed E-state index contributed by atoms with van der Waals surface area (Å²) in [6, 6.07) is 14.6. The van der Waals surface area contributed by atoms with Gasteiger partial charge in [0, 0.05) is 10.0 Å². The number of halogens is 1. The van der Waals surface area contributed by atoms with Gasteiger partial charge in [-0.1, -0.05) is 34.1 Å². The maximum Gasteiger partial charge on any atom is 0.277 e. The van der Waals surface area contributed by atoms with Crippen LogP contribution in [0.4, 0.5) is 0 Å². The molecule has 0 aromatic heterocycles. The smallest absolute Gasteiger partial charge is 0.277 e. The van der Waals surface area contributed by atoms with Crippen molar-refractivity contribution in [3.05, 3.63) is 58.6 Å². The first-order valence-electron chi connectivity index (χ1n) is 6.52. The summed E-state index contributed by atoms with van der Waals surface area (Å²) in [5, 5.41) is 3.89. The van der Waals surface area contributed by atoms with Gasteiger partial charge in [-0.05, 0) is 30.3 Å². The van der Waals surface area contributed by atoms with Crippen molar-refractivity contribution in [2.24, 2.45) is 5.10 Å². The lowest BCUT2D eigenvalue weighted by atomic mass is 10.2. The molecule has 2 rings (SSSR count). The number of carbonyl (C=O) groups excluding carboxylic acids is 1. The van der Waals surface area contributed by atoms with Gasteiger partial charge >= 0.3 is 0 Å². The number of nitrogens with zero attached hydrogens (tertiary/aromatic N) is 1. The maximum absolute atomic E-state index is 11.6. The Balaban J connectivity index is 1.79. The first kappa shape index (κ1) is 16.0. The standard InChI is InChI=1S/C16H15BrN2O3/c1-21-13-6-8-14(9-7-13)22-11-16(20)19-18-10-12-4-2-3-5-15(12)17/h2-10H,11H2,1H3,(H,19,20)/b18-10-. The monoisotopic (exact) mass is 362 g/mol. The summed E-state index contributed by atoms with van der Waals surface area (Å²) in [5.41, 5.74) is 3.29. The molecule has 0 aliphatic heterocycles. The minimum atomic E-state index is -0.334. The summed E-state index contributed by atoms with van der Waals surface area (Å²) in [6.45, 7) is -0.111. The zero-order chi connectivity index (χ0) is 15.8. The van der Waals surface area contributed by atoms with Crippen molar-refractivity contribution < 1.29 is 14.3 Å². The van der Waals surface area contributed by atoms with Gasteiger partial charge in [0.15, 0.2) is 6.61 Å². The third kappa shape index (κ3) is 4.89. The number of rotatable bonds is 6. The van der Waals surface area contributed by atoms with Crippen LogP contribution in [0.3, 0.4) is 0 Å². The molecular weight excluding hydrogens is 348 g/mol. The lowest BCUT2D eigenvalue weighted by Gasteiger charge is -2.06. The summed E-state index contributed by atoms with van der Waals surface area (Å²) in [6.07, 6.45) is 1.56. The Labute approximate surface area is 137 Å². The second-order valence-corrected chi connectivity index (χ2v) is 5.13. The second kappa shape index (κ2) is 8.19. The molecule has 22 heavy (non-hydrogen) atoms. The van der Waals surface area contributed by atoms with Crippen LogP contribution in [-0.2, 0) is 4.79 Å². The molecule has 1 N–H and O–H groups in total. The normalized spacial score (nSPS) is 10.5. The lowest BCUT2D eigenvalue weighted by Crippen LogP contribution is -2.24. The number of hydrogen-bond donors (Lipinski definition) is 1. The van der Waals surface area contributed by atoms with Gasteiger partial charge < -0.3 is 9.47 Å². The van der Waals surface area contributed by atoms with Crippen molar-refractivity contribution in [2.45, 2.75) is 0 Å². The van der Waals surface area contributed by atoms with Crippen LogP contribution < -0.4 is 14.9 Å². The van der Waals surface area contributed by atoms with E-state index in [0.29, 0.717) is 5.75 Å². The van der Waals surface area contributed by atoms with Crippen LogP contribution in [0.5, 0.6) is 11.5 Å². The van der Waals surface area contributed by atoms with E-state index in [9.17, 15) is 4.79 Å². The third-order valence-electron chi connectivity index (χ3n) is 2.73. The predicted molar refractivity (Wildman–Crippen MR) is 88.4 cm³/mol. The molecule has 0 heterocycles. The fourth-order valence-electron chi connectivity index (χ4n) is 1.61. The van der Waals surface area contributed by atoms with Gasteiger partial charge in [-0.15, -0.1) is 0 Å². The average molecular weight is 363 g/mol. The Morgan fingerprint density at radius 2 is 1.86 bits per heavy atom. The quantitative estimate of drug-likeness (QED) is 0.634. The minimum Gasteiger partial charge on any atom is -0.497 e. The highest BCUT2D eigenvalue weighted by molar-refractivity contribution is 9.10. The Morgan fingerprint density at radius 3 is 2.55 bits per heavy atom. The maximum atomic E-state index is 11.6. The van der Waals surface area contributed by atoms with E-state index in [1.54, 1.807) is 37.6 Å². The Bertz CT molecular complexity index is 657. The molecule has 2 aromatic carbocycles. The molecule has 0 bridgehead atoms. The van der Waals surface area contributed by atoms with E-state index < -0.39 is 0 Å². The van der Waals surface area contributed by atoms with Crippen LogP contribution in [0, 0.1) is 0 Å². The molecule has 5 nitrogen and oxygen atoms in total. The minimum absolute atomic E-state index is 0.111. The number of benzene rings is 2. The van der Waals surface area contributed by atoms with Crippen LogP contribution >= 0.6 is 15.9 Å². The van der Waals surface area contributed by atoms with Crippen LogP contribution in [0.1, 0.15) is 5.56 Å². The number of hydrogen-bond acceptors (Lipinski definition) is 4. The van der Waals surface area contributed by atoms with Crippen LogP contribution in [0.25, 0.3) is 0 Å². The highest BCUT2D eigenvalue weighted by Gasteiger charge is 2.02. The molecule has 0 atom stereocenters. The first-order chi connectivity index (χ1) is 10.7. The van der Waals surface area contributed by atoms with Crippen molar-refractivity contribution in [2.75, 3.05) is 13.7 Å². The zero-order valence-corrected chi connectivity index (χ0v) is 13.5. The number of ether oxygens (including phenoxy) is 2. The van der Waals surface area contributed by atoms with Gasteiger partial charge in [-0.3, -0.25) is 4.79 Å². The van der Waals surface area contributed by atoms with Gasteiger partial charge in [0.2, 0.25) is 0 Å². The third-order valence-corrected chi connectivity index (χ3v) is 3.45. The molecule has 0 unspecified atom stereocenters. The highest BCUT2D eigenvalue weighted by Crippen LogP contribution is 2.16. The van der Waals surface area contributed by atoms with E-state index in [0.717, 1.165) is 15.8 Å². The molecule has 114 valence electrons. The number of nitrogens with one attached hydrogen (secondary N) is 1. The molecule has 0 aliphatic rings. The highest BCUT2D eigenvalue weighted by atomic mass is 79.9. The topological polar surface area (TPSA) is 59.9 Å².